The van der Waals surface area contributed by atoms with E-state index < -0.39 is 6.10 Å². The molecule has 5 nitrogen and oxygen atoms in total. The number of hydrogen-bond donors (Lipinski definition) is 2. The molecule has 0 bridgehead atoms. The molecule has 0 aliphatic carbocycles. The van der Waals surface area contributed by atoms with Crippen molar-refractivity contribution in [1.29, 1.82) is 0 Å². The lowest BCUT2D eigenvalue weighted by molar-refractivity contribution is -0.136. The molecular weight excluding hydrogens is 352 g/mol. The number of carbonyl (C=O) groups is 1. The molecule has 1 amide bonds. The van der Waals surface area contributed by atoms with Crippen LogP contribution >= 0.6 is 11.6 Å². The number of hydrogen-bond acceptors (Lipinski definition) is 3. The molecule has 1 aliphatic heterocycles. The van der Waals surface area contributed by atoms with Gasteiger partial charge >= 0.3 is 0 Å². The molecule has 1 aliphatic rings. The van der Waals surface area contributed by atoms with Crippen LogP contribution < -0.4 is 0 Å². The van der Waals surface area contributed by atoms with Crippen molar-refractivity contribution in [2.24, 2.45) is 5.92 Å². The van der Waals surface area contributed by atoms with Crippen molar-refractivity contribution in [3.05, 3.63) is 47.5 Å². The quantitative estimate of drug-likeness (QED) is 0.742. The number of carbonyl (C=O) groups excluding carboxylic acids is 1. The first-order valence-corrected chi connectivity index (χ1v) is 9.19. The fraction of sp³-hybridized carbons (Fsp3) is 0.350. The van der Waals surface area contributed by atoms with Crippen molar-refractivity contribution in [2.45, 2.75) is 19.1 Å². The van der Waals surface area contributed by atoms with Crippen LogP contribution in [0.5, 0.6) is 0 Å². The second-order valence-electron chi connectivity index (χ2n) is 6.90. The molecule has 1 aromatic heterocycles. The van der Waals surface area contributed by atoms with Gasteiger partial charge in [-0.05, 0) is 30.7 Å². The second-order valence-corrected chi connectivity index (χ2v) is 7.34. The van der Waals surface area contributed by atoms with E-state index in [0.29, 0.717) is 18.0 Å². The van der Waals surface area contributed by atoms with Gasteiger partial charge in [-0.25, -0.2) is 0 Å². The number of β-amino-alcohol motifs (C(OH)–C–C–N with tert-alkyl or cyclic N) is 1. The minimum Gasteiger partial charge on any atom is -0.396 e. The topological polar surface area (TPSA) is 65.7 Å². The van der Waals surface area contributed by atoms with Gasteiger partial charge in [0, 0.05) is 52.4 Å². The summed E-state index contributed by atoms with van der Waals surface area (Å²) >= 11 is 6.17. The predicted molar refractivity (Wildman–Crippen MR) is 102 cm³/mol. The van der Waals surface area contributed by atoms with Crippen LogP contribution in [0, 0.1) is 5.92 Å². The summed E-state index contributed by atoms with van der Waals surface area (Å²) in [5.41, 5.74) is 1.96. The molecule has 4 rings (SSSR count). The van der Waals surface area contributed by atoms with Crippen LogP contribution in [0.25, 0.3) is 21.8 Å². The molecule has 2 heterocycles. The Kier molecular flexibility index (Phi) is 4.61. The summed E-state index contributed by atoms with van der Waals surface area (Å²) in [5.74, 6) is -0.174. The van der Waals surface area contributed by atoms with Crippen LogP contribution in [-0.4, -0.2) is 51.4 Å². The molecule has 0 radical (unpaired) electrons. The first kappa shape index (κ1) is 17.3. The van der Waals surface area contributed by atoms with Crippen molar-refractivity contribution >= 4 is 39.3 Å². The number of nitrogens with zero attached hydrogens (tertiary/aromatic N) is 2. The molecule has 2 atom stereocenters. The van der Waals surface area contributed by atoms with Crippen LogP contribution in [0.2, 0.25) is 5.02 Å². The van der Waals surface area contributed by atoms with Crippen molar-refractivity contribution in [3.63, 3.8) is 0 Å². The Balaban J connectivity index is 1.67. The van der Waals surface area contributed by atoms with Gasteiger partial charge in [-0.15, -0.1) is 0 Å². The number of amides is 1. The Hall–Kier alpha value is -2.08. The van der Waals surface area contributed by atoms with Crippen molar-refractivity contribution < 1.29 is 15.0 Å². The van der Waals surface area contributed by atoms with Crippen LogP contribution in [0.1, 0.15) is 6.42 Å². The number of para-hydroxylation sites is 1. The molecule has 136 valence electrons. The number of aromatic nitrogens is 1. The summed E-state index contributed by atoms with van der Waals surface area (Å²) < 4.78 is 2.01. The monoisotopic (exact) mass is 372 g/mol. The van der Waals surface area contributed by atoms with Crippen molar-refractivity contribution in [2.75, 3.05) is 19.7 Å². The van der Waals surface area contributed by atoms with E-state index in [-0.39, 0.29) is 31.5 Å². The molecule has 1 fully saturated rings. The van der Waals surface area contributed by atoms with E-state index in [9.17, 15) is 15.0 Å². The van der Waals surface area contributed by atoms with Crippen LogP contribution in [0.4, 0.5) is 0 Å². The number of likely N-dealkylation sites (tertiary alicyclic amines) is 1. The van der Waals surface area contributed by atoms with Crippen molar-refractivity contribution in [3.8, 4) is 0 Å². The highest BCUT2D eigenvalue weighted by molar-refractivity contribution is 6.31. The standard InChI is InChI=1S/C20H21ClN2O3/c21-14-5-6-18-16(9-14)15-3-1-2-4-17(15)23(18)11-20(26)22-8-7-13(12-24)19(25)10-22/h1-6,9,13,19,24-25H,7-8,10-12H2/t13-,19-/m1/s1. The average Bonchev–Trinajstić information content (AvgIpc) is 2.95. The van der Waals surface area contributed by atoms with Gasteiger partial charge in [-0.1, -0.05) is 29.8 Å². The van der Waals surface area contributed by atoms with Gasteiger partial charge in [0.1, 0.15) is 6.54 Å². The van der Waals surface area contributed by atoms with Gasteiger partial charge in [0.25, 0.3) is 0 Å². The maximum absolute atomic E-state index is 12.9. The number of halogens is 1. The highest BCUT2D eigenvalue weighted by atomic mass is 35.5. The summed E-state index contributed by atoms with van der Waals surface area (Å²) in [7, 11) is 0. The molecule has 3 aromatic rings. The van der Waals surface area contributed by atoms with E-state index >= 15 is 0 Å². The first-order chi connectivity index (χ1) is 12.6. The lowest BCUT2D eigenvalue weighted by Gasteiger charge is -2.35. The maximum atomic E-state index is 12.9. The van der Waals surface area contributed by atoms with Gasteiger partial charge in [-0.2, -0.15) is 0 Å². The first-order valence-electron chi connectivity index (χ1n) is 8.81. The van der Waals surface area contributed by atoms with Crippen molar-refractivity contribution in [1.82, 2.24) is 9.47 Å². The van der Waals surface area contributed by atoms with Crippen LogP contribution in [-0.2, 0) is 11.3 Å². The zero-order chi connectivity index (χ0) is 18.3. The van der Waals surface area contributed by atoms with Gasteiger partial charge in [0.05, 0.1) is 6.10 Å². The smallest absolute Gasteiger partial charge is 0.242 e. The third kappa shape index (κ3) is 2.96. The van der Waals surface area contributed by atoms with Gasteiger partial charge in [0.15, 0.2) is 0 Å². The number of fused-ring (bicyclic) bond motifs is 3. The molecule has 6 heteroatoms. The van der Waals surface area contributed by atoms with E-state index in [1.54, 1.807) is 4.90 Å². The second kappa shape index (κ2) is 6.91. The Morgan fingerprint density at radius 2 is 1.92 bits per heavy atom. The zero-order valence-corrected chi connectivity index (χ0v) is 15.1. The SMILES string of the molecule is O=C(Cn1c2ccccc2c2cc(Cl)ccc21)N1CC[C@H](CO)[C@H](O)C1. The molecular formula is C20H21ClN2O3. The predicted octanol–water partition coefficient (Wildman–Crippen LogP) is 2.65. The molecule has 2 aromatic carbocycles. The molecule has 0 unspecified atom stereocenters. The number of rotatable bonds is 3. The van der Waals surface area contributed by atoms with Crippen LogP contribution in [0.3, 0.4) is 0 Å². The average molecular weight is 373 g/mol. The lowest BCUT2D eigenvalue weighted by Crippen LogP contribution is -2.48. The number of benzene rings is 2. The highest BCUT2D eigenvalue weighted by Gasteiger charge is 2.30. The summed E-state index contributed by atoms with van der Waals surface area (Å²) in [6.07, 6.45) is -0.0544. The minimum atomic E-state index is -0.672. The van der Waals surface area contributed by atoms with Crippen LogP contribution in [0.15, 0.2) is 42.5 Å². The molecule has 0 saturated carbocycles. The summed E-state index contributed by atoms with van der Waals surface area (Å²) in [5, 5.41) is 22.1. The van der Waals surface area contributed by atoms with Gasteiger partial charge in [0.2, 0.25) is 5.91 Å². The highest BCUT2D eigenvalue weighted by Crippen LogP contribution is 2.31. The maximum Gasteiger partial charge on any atom is 0.242 e. The normalized spacial score (nSPS) is 20.8. The van der Waals surface area contributed by atoms with Gasteiger partial charge < -0.3 is 19.7 Å². The largest absolute Gasteiger partial charge is 0.396 e. The Morgan fingerprint density at radius 1 is 1.15 bits per heavy atom. The zero-order valence-electron chi connectivity index (χ0n) is 14.3. The fourth-order valence-corrected chi connectivity index (χ4v) is 4.02. The lowest BCUT2D eigenvalue weighted by atomic mass is 9.95. The molecule has 1 saturated heterocycles. The third-order valence-electron chi connectivity index (χ3n) is 5.34. The molecule has 26 heavy (non-hydrogen) atoms. The Bertz CT molecular complexity index is 968. The molecule has 2 N–H and O–H groups in total. The minimum absolute atomic E-state index is 0.0296. The Morgan fingerprint density at radius 3 is 2.69 bits per heavy atom. The number of aliphatic hydroxyl groups is 2. The summed E-state index contributed by atoms with van der Waals surface area (Å²) in [6.45, 7) is 0.996. The van der Waals surface area contributed by atoms with E-state index in [4.69, 9.17) is 11.6 Å². The number of aliphatic hydroxyl groups excluding tert-OH is 2. The van der Waals surface area contributed by atoms with E-state index in [1.807, 2.05) is 47.0 Å². The third-order valence-corrected chi connectivity index (χ3v) is 5.57. The van der Waals surface area contributed by atoms with Gasteiger partial charge in [-0.3, -0.25) is 4.79 Å². The summed E-state index contributed by atoms with van der Waals surface area (Å²) in [4.78, 5) is 14.6. The van der Waals surface area contributed by atoms with E-state index in [1.165, 1.54) is 0 Å². The molecule has 0 spiro atoms. The van der Waals surface area contributed by atoms with E-state index in [2.05, 4.69) is 0 Å². The Labute approximate surface area is 156 Å². The fourth-order valence-electron chi connectivity index (χ4n) is 3.85. The summed E-state index contributed by atoms with van der Waals surface area (Å²) in [6, 6.07) is 13.7. The van der Waals surface area contributed by atoms with E-state index in [0.717, 1.165) is 21.8 Å². The number of piperidine rings is 1.